The van der Waals surface area contributed by atoms with Crippen LogP contribution in [0.15, 0.2) is 0 Å². The van der Waals surface area contributed by atoms with Crippen molar-refractivity contribution in [3.05, 3.63) is 0 Å². The molecule has 0 saturated heterocycles. The fourth-order valence-electron chi connectivity index (χ4n) is 0. The molecule has 0 aromatic rings. The zero-order valence-electron chi connectivity index (χ0n) is 2.68. The van der Waals surface area contributed by atoms with Gasteiger partial charge in [0.2, 0.25) is 0 Å². The van der Waals surface area contributed by atoms with Gasteiger partial charge in [-0.05, 0) is 0 Å². The molecule has 0 heterocycles. The van der Waals surface area contributed by atoms with E-state index in [1.807, 2.05) is 0 Å². The monoisotopic (exact) mass is 221 g/mol. The Balaban J connectivity index is -0.0000000800. The molecule has 0 fully saturated rings. The Labute approximate surface area is 61.5 Å². The molecule has 2 radical (unpaired) electrons. The van der Waals surface area contributed by atoms with Gasteiger partial charge in [0, 0.05) is 0 Å². The normalized spacial score (nSPS) is 8.43. The second kappa shape index (κ2) is 5.29. The zero-order chi connectivity index (χ0) is 4.50. The van der Waals surface area contributed by atoms with Gasteiger partial charge in [0.05, 0.1) is 0 Å². The fraction of sp³-hybridized carbons (Fsp3) is 0. The third-order valence-electron chi connectivity index (χ3n) is 0. The summed E-state index contributed by atoms with van der Waals surface area (Å²) < 4.78 is 8.55. The van der Waals surface area contributed by atoms with Crippen molar-refractivity contribution in [1.29, 1.82) is 0 Å². The van der Waals surface area contributed by atoms with Gasteiger partial charge in [-0.15, -0.1) is 0 Å². The summed E-state index contributed by atoms with van der Waals surface area (Å²) in [6.07, 6.45) is 0. The summed E-state index contributed by atoms with van der Waals surface area (Å²) in [6.45, 7) is 0. The minimum absolute atomic E-state index is 0. The molecule has 0 aromatic carbocycles. The Hall–Kier alpha value is 1.15. The molecule has 7 heteroatoms. The minimum atomic E-state index is -5.39. The van der Waals surface area contributed by atoms with Crippen LogP contribution in [0.1, 0.15) is 0 Å². The first-order chi connectivity index (χ1) is 2.00. The smallest absolute Gasteiger partial charge is 0.822 e. The molecule has 0 spiro atoms. The van der Waals surface area contributed by atoms with E-state index in [9.17, 15) is 0 Å². The molecular weight excluding hydrogens is 222 g/mol. The quantitative estimate of drug-likeness (QED) is 0.326. The van der Waals surface area contributed by atoms with Gasteiger partial charge >= 0.3 is 34.1 Å². The summed E-state index contributed by atoms with van der Waals surface area (Å²) >= 11 is 0. The minimum Gasteiger partial charge on any atom is -0.822 e. The number of hydrogen-bond acceptors (Lipinski definition) is 4. The van der Waals surface area contributed by atoms with Crippen molar-refractivity contribution >= 4 is 7.82 Å². The van der Waals surface area contributed by atoms with Gasteiger partial charge in [-0.25, -0.2) is 0 Å². The second-order valence-corrected chi connectivity index (χ2v) is 1.34. The van der Waals surface area contributed by atoms with Crippen molar-refractivity contribution in [2.45, 2.75) is 0 Å². The number of phosphoric acid groups is 1. The third-order valence-corrected chi connectivity index (χ3v) is 0. The van der Waals surface area contributed by atoms with Gasteiger partial charge in [0.15, 0.2) is 0 Å². The van der Waals surface area contributed by atoms with Crippen LogP contribution in [0, 0.1) is 0 Å². The van der Waals surface area contributed by atoms with E-state index in [4.69, 9.17) is 19.2 Å². The molecule has 0 aliphatic heterocycles. The van der Waals surface area contributed by atoms with Gasteiger partial charge in [0.1, 0.15) is 0 Å². The molecule has 0 unspecified atom stereocenters. The van der Waals surface area contributed by atoms with Gasteiger partial charge in [-0.1, -0.05) is 0 Å². The fourth-order valence-corrected chi connectivity index (χ4v) is 0. The maximum atomic E-state index is 8.55. The van der Waals surface area contributed by atoms with Crippen molar-refractivity contribution < 1.29 is 53.4 Å². The average molecular weight is 222 g/mol. The first kappa shape index (κ1) is 15.7. The van der Waals surface area contributed by atoms with Crippen molar-refractivity contribution in [2.75, 3.05) is 0 Å². The Kier molecular flexibility index (Phi) is 11.9. The van der Waals surface area contributed by atoms with E-state index >= 15 is 0 Å². The van der Waals surface area contributed by atoms with Crippen LogP contribution < -0.4 is 14.7 Å². The molecule has 0 saturated carbocycles. The van der Waals surface area contributed by atoms with E-state index in [0.717, 1.165) is 0 Å². The van der Waals surface area contributed by atoms with Crippen LogP contribution in [-0.2, 0) is 38.7 Å². The van der Waals surface area contributed by atoms with Crippen molar-refractivity contribution in [3.8, 4) is 0 Å². The van der Waals surface area contributed by atoms with E-state index in [1.165, 1.54) is 0 Å². The van der Waals surface area contributed by atoms with Gasteiger partial charge in [-0.2, -0.15) is 7.82 Å². The largest absolute Gasteiger partial charge is 2.00 e. The molecule has 4 nitrogen and oxygen atoms in total. The first-order valence-corrected chi connectivity index (χ1v) is 2.19. The molecule has 0 N–H and O–H groups in total. The summed E-state index contributed by atoms with van der Waals surface area (Å²) in [7, 11) is -5.39. The maximum absolute atomic E-state index is 8.55. The third kappa shape index (κ3) is 144. The van der Waals surface area contributed by atoms with Crippen LogP contribution in [0.3, 0.4) is 0 Å². The number of hydrogen-bond donors (Lipinski definition) is 0. The van der Waals surface area contributed by atoms with Crippen molar-refractivity contribution in [2.24, 2.45) is 0 Å². The molecule has 0 aliphatic rings. The van der Waals surface area contributed by atoms with E-state index < -0.39 is 7.82 Å². The van der Waals surface area contributed by atoms with Crippen LogP contribution in [0.4, 0.5) is 0 Å². The molecule has 0 rings (SSSR count). The van der Waals surface area contributed by atoms with Gasteiger partial charge in [-0.3, -0.25) is 0 Å². The molecule has 0 atom stereocenters. The number of rotatable bonds is 0. The van der Waals surface area contributed by atoms with Crippen LogP contribution >= 0.6 is 7.82 Å². The molecular formula is Cu2O4P+. The van der Waals surface area contributed by atoms with Crippen LogP contribution in [0.2, 0.25) is 0 Å². The predicted octanol–water partition coefficient (Wildman–Crippen LogP) is -2.83. The molecule has 0 amide bonds. The average Bonchev–Trinajstić information content (AvgIpc) is 0.722. The summed E-state index contributed by atoms with van der Waals surface area (Å²) in [5.74, 6) is 0. The van der Waals surface area contributed by atoms with Crippen LogP contribution in [-0.4, -0.2) is 0 Å². The Morgan fingerprint density at radius 1 is 1.00 bits per heavy atom. The van der Waals surface area contributed by atoms with E-state index in [0.29, 0.717) is 0 Å². The Morgan fingerprint density at radius 2 is 1.00 bits per heavy atom. The molecule has 0 aliphatic carbocycles. The van der Waals surface area contributed by atoms with Gasteiger partial charge in [0.25, 0.3) is 0 Å². The van der Waals surface area contributed by atoms with E-state index in [1.54, 1.807) is 0 Å². The zero-order valence-corrected chi connectivity index (χ0v) is 5.46. The van der Waals surface area contributed by atoms with Crippen LogP contribution in [0.5, 0.6) is 0 Å². The van der Waals surface area contributed by atoms with Crippen molar-refractivity contribution in [1.82, 2.24) is 0 Å². The topological polar surface area (TPSA) is 86.2 Å². The molecule has 0 aromatic heterocycles. The summed E-state index contributed by atoms with van der Waals surface area (Å²) in [6, 6.07) is 0. The Morgan fingerprint density at radius 3 is 1.00 bits per heavy atom. The van der Waals surface area contributed by atoms with Crippen molar-refractivity contribution in [3.63, 3.8) is 0 Å². The van der Waals surface area contributed by atoms with E-state index in [2.05, 4.69) is 0 Å². The van der Waals surface area contributed by atoms with E-state index in [-0.39, 0.29) is 34.1 Å². The van der Waals surface area contributed by atoms with Gasteiger partial charge < -0.3 is 19.2 Å². The second-order valence-electron chi connectivity index (χ2n) is 0.447. The SMILES string of the molecule is O=P([O-])([O-])[O-].[Cu+2].[Cu+2]. The summed E-state index contributed by atoms with van der Waals surface area (Å²) in [4.78, 5) is 25.6. The first-order valence-electron chi connectivity index (χ1n) is 0.730. The molecule has 7 heavy (non-hydrogen) atoms. The molecule has 0 bridgehead atoms. The maximum Gasteiger partial charge on any atom is 2.00 e. The predicted molar refractivity (Wildman–Crippen MR) is 7.61 cm³/mol. The summed E-state index contributed by atoms with van der Waals surface area (Å²) in [5, 5.41) is 0. The Bertz CT molecular complexity index is 55.8. The molecule has 50 valence electrons. The van der Waals surface area contributed by atoms with Crippen LogP contribution in [0.25, 0.3) is 0 Å². The standard InChI is InChI=1S/2Cu.H3O4P/c;;1-5(2,3)4/h;;(H3,1,2,3,4)/q2*+2;/p-3. The summed E-state index contributed by atoms with van der Waals surface area (Å²) in [5.41, 5.74) is 0.